The predicted molar refractivity (Wildman–Crippen MR) is 45.8 cm³/mol. The second-order valence-electron chi connectivity index (χ2n) is 2.98. The topological polar surface area (TPSA) is 34.1 Å². The molecule has 1 aromatic rings. The van der Waals surface area contributed by atoms with Crippen LogP contribution in [0.3, 0.4) is 0 Å². The molecule has 1 aliphatic rings. The first-order valence-corrected chi connectivity index (χ1v) is 4.29. The third-order valence-electron chi connectivity index (χ3n) is 2.02. The number of halogens is 1. The molecular formula is C9H11FN2O. The number of hydrogen-bond donors (Lipinski definition) is 1. The molecule has 1 aliphatic heterocycles. The summed E-state index contributed by atoms with van der Waals surface area (Å²) in [6.07, 6.45) is 1.47. The van der Waals surface area contributed by atoms with Crippen LogP contribution in [0.15, 0.2) is 18.3 Å². The summed E-state index contributed by atoms with van der Waals surface area (Å²) in [5.41, 5.74) is 0.708. The van der Waals surface area contributed by atoms with Gasteiger partial charge < -0.3 is 10.1 Å². The minimum Gasteiger partial charge on any atom is -0.378 e. The Bertz CT molecular complexity index is 287. The first-order valence-electron chi connectivity index (χ1n) is 4.29. The smallest absolute Gasteiger partial charge is 0.126 e. The van der Waals surface area contributed by atoms with Crippen LogP contribution in [0.1, 0.15) is 11.7 Å². The molecule has 1 atom stereocenters. The van der Waals surface area contributed by atoms with Gasteiger partial charge in [0.15, 0.2) is 0 Å². The van der Waals surface area contributed by atoms with Crippen LogP contribution in [0.25, 0.3) is 0 Å². The van der Waals surface area contributed by atoms with Gasteiger partial charge in [0.05, 0.1) is 24.9 Å². The van der Waals surface area contributed by atoms with Gasteiger partial charge in [-0.15, -0.1) is 0 Å². The summed E-state index contributed by atoms with van der Waals surface area (Å²) in [7, 11) is 0. The number of rotatable bonds is 1. The number of hydrogen-bond acceptors (Lipinski definition) is 3. The molecule has 1 unspecified atom stereocenters. The van der Waals surface area contributed by atoms with Crippen molar-refractivity contribution in [3.05, 3.63) is 29.8 Å². The minimum absolute atomic E-state index is 0.0319. The number of nitrogens with zero attached hydrogens (tertiary/aromatic N) is 1. The molecule has 3 nitrogen and oxygen atoms in total. The van der Waals surface area contributed by atoms with Crippen molar-refractivity contribution >= 4 is 0 Å². The van der Waals surface area contributed by atoms with E-state index < -0.39 is 0 Å². The van der Waals surface area contributed by atoms with Crippen molar-refractivity contribution in [2.24, 2.45) is 0 Å². The monoisotopic (exact) mass is 182 g/mol. The molecule has 13 heavy (non-hydrogen) atoms. The second-order valence-corrected chi connectivity index (χ2v) is 2.98. The standard InChI is InChI=1S/C9H11FN2O/c10-7-1-2-11-8(5-7)9-6-13-4-3-12-9/h1-2,5,9,12H,3-4,6H2. The average Bonchev–Trinajstić information content (AvgIpc) is 2.19. The zero-order valence-electron chi connectivity index (χ0n) is 7.16. The van der Waals surface area contributed by atoms with Crippen molar-refractivity contribution in [3.8, 4) is 0 Å². The number of pyridine rings is 1. The highest BCUT2D eigenvalue weighted by Gasteiger charge is 2.16. The van der Waals surface area contributed by atoms with Gasteiger partial charge in [-0.3, -0.25) is 4.98 Å². The zero-order valence-corrected chi connectivity index (χ0v) is 7.16. The Hall–Kier alpha value is -1.00. The van der Waals surface area contributed by atoms with Crippen molar-refractivity contribution < 1.29 is 9.13 Å². The third kappa shape index (κ3) is 2.02. The molecular weight excluding hydrogens is 171 g/mol. The minimum atomic E-state index is -0.252. The summed E-state index contributed by atoms with van der Waals surface area (Å²) in [6.45, 7) is 2.07. The van der Waals surface area contributed by atoms with E-state index >= 15 is 0 Å². The van der Waals surface area contributed by atoms with Crippen LogP contribution in [-0.2, 0) is 4.74 Å². The Kier molecular flexibility index (Phi) is 2.52. The number of nitrogens with one attached hydrogen (secondary N) is 1. The molecule has 70 valence electrons. The van der Waals surface area contributed by atoms with E-state index in [4.69, 9.17) is 4.74 Å². The number of morpholine rings is 1. The molecule has 0 radical (unpaired) electrons. The quantitative estimate of drug-likeness (QED) is 0.700. The first kappa shape index (κ1) is 8.59. The average molecular weight is 182 g/mol. The Morgan fingerprint density at radius 1 is 1.62 bits per heavy atom. The van der Waals surface area contributed by atoms with Crippen molar-refractivity contribution in [1.82, 2.24) is 10.3 Å². The molecule has 0 saturated carbocycles. The maximum absolute atomic E-state index is 12.8. The van der Waals surface area contributed by atoms with Crippen molar-refractivity contribution in [2.45, 2.75) is 6.04 Å². The van der Waals surface area contributed by atoms with Crippen LogP contribution >= 0.6 is 0 Å². The summed E-state index contributed by atoms with van der Waals surface area (Å²) >= 11 is 0. The van der Waals surface area contributed by atoms with E-state index in [0.29, 0.717) is 18.9 Å². The lowest BCUT2D eigenvalue weighted by Gasteiger charge is -2.23. The van der Waals surface area contributed by atoms with Crippen LogP contribution in [0.5, 0.6) is 0 Å². The maximum Gasteiger partial charge on any atom is 0.126 e. The van der Waals surface area contributed by atoms with Crippen LogP contribution in [0.2, 0.25) is 0 Å². The molecule has 2 heterocycles. The van der Waals surface area contributed by atoms with Gasteiger partial charge in [-0.05, 0) is 12.1 Å². The van der Waals surface area contributed by atoms with Crippen LogP contribution in [0, 0.1) is 5.82 Å². The molecule has 0 aliphatic carbocycles. The molecule has 1 N–H and O–H groups in total. The molecule has 1 saturated heterocycles. The Labute approximate surface area is 75.9 Å². The molecule has 0 bridgehead atoms. The van der Waals surface area contributed by atoms with Crippen LogP contribution in [0.4, 0.5) is 4.39 Å². The SMILES string of the molecule is Fc1ccnc(C2COCCN2)c1. The molecule has 4 heteroatoms. The summed E-state index contributed by atoms with van der Waals surface area (Å²) in [4.78, 5) is 4.08. The van der Waals surface area contributed by atoms with Gasteiger partial charge in [-0.25, -0.2) is 4.39 Å². The van der Waals surface area contributed by atoms with Gasteiger partial charge in [0.2, 0.25) is 0 Å². The maximum atomic E-state index is 12.8. The predicted octanol–water partition coefficient (Wildman–Crippen LogP) is 0.882. The van der Waals surface area contributed by atoms with Gasteiger partial charge in [-0.2, -0.15) is 0 Å². The lowest BCUT2D eigenvalue weighted by Crippen LogP contribution is -2.35. The summed E-state index contributed by atoms with van der Waals surface area (Å²) in [5.74, 6) is -0.252. The fraction of sp³-hybridized carbons (Fsp3) is 0.444. The molecule has 2 rings (SSSR count). The molecule has 0 amide bonds. The van der Waals surface area contributed by atoms with Crippen LogP contribution in [-0.4, -0.2) is 24.7 Å². The zero-order chi connectivity index (χ0) is 9.10. The first-order chi connectivity index (χ1) is 6.36. The molecule has 0 spiro atoms. The fourth-order valence-corrected chi connectivity index (χ4v) is 1.37. The van der Waals surface area contributed by atoms with E-state index in [0.717, 1.165) is 6.54 Å². The molecule has 1 fully saturated rings. The Morgan fingerprint density at radius 3 is 3.23 bits per heavy atom. The van der Waals surface area contributed by atoms with E-state index in [1.807, 2.05) is 0 Å². The Morgan fingerprint density at radius 2 is 2.54 bits per heavy atom. The van der Waals surface area contributed by atoms with Crippen LogP contribution < -0.4 is 5.32 Å². The van der Waals surface area contributed by atoms with Gasteiger partial charge in [-0.1, -0.05) is 0 Å². The number of ether oxygens (including phenoxy) is 1. The van der Waals surface area contributed by atoms with Crippen molar-refractivity contribution in [2.75, 3.05) is 19.8 Å². The van der Waals surface area contributed by atoms with Crippen molar-refractivity contribution in [1.29, 1.82) is 0 Å². The molecule has 0 aromatic carbocycles. The van der Waals surface area contributed by atoms with E-state index in [1.165, 1.54) is 18.3 Å². The van der Waals surface area contributed by atoms with Gasteiger partial charge in [0.1, 0.15) is 5.82 Å². The summed E-state index contributed by atoms with van der Waals surface area (Å²) in [5, 5.41) is 3.21. The van der Waals surface area contributed by atoms with Gasteiger partial charge in [0, 0.05) is 12.7 Å². The normalized spacial score (nSPS) is 23.0. The van der Waals surface area contributed by atoms with E-state index in [1.54, 1.807) is 0 Å². The van der Waals surface area contributed by atoms with E-state index in [-0.39, 0.29) is 11.9 Å². The van der Waals surface area contributed by atoms with E-state index in [2.05, 4.69) is 10.3 Å². The Balaban J connectivity index is 2.14. The highest BCUT2D eigenvalue weighted by atomic mass is 19.1. The summed E-state index contributed by atoms with van der Waals surface area (Å²) in [6, 6.07) is 2.81. The van der Waals surface area contributed by atoms with E-state index in [9.17, 15) is 4.39 Å². The van der Waals surface area contributed by atoms with Gasteiger partial charge in [0.25, 0.3) is 0 Å². The lowest BCUT2D eigenvalue weighted by molar-refractivity contribution is 0.0755. The highest BCUT2D eigenvalue weighted by Crippen LogP contribution is 2.13. The number of aromatic nitrogens is 1. The second kappa shape index (κ2) is 3.81. The lowest BCUT2D eigenvalue weighted by atomic mass is 10.2. The molecule has 1 aromatic heterocycles. The third-order valence-corrected chi connectivity index (χ3v) is 2.02. The largest absolute Gasteiger partial charge is 0.378 e. The summed E-state index contributed by atoms with van der Waals surface area (Å²) < 4.78 is 18.1. The highest BCUT2D eigenvalue weighted by molar-refractivity contribution is 5.10. The van der Waals surface area contributed by atoms with Gasteiger partial charge >= 0.3 is 0 Å². The van der Waals surface area contributed by atoms with Crippen molar-refractivity contribution in [3.63, 3.8) is 0 Å². The fourth-order valence-electron chi connectivity index (χ4n) is 1.37.